The maximum atomic E-state index is 4.06. The van der Waals surface area contributed by atoms with Gasteiger partial charge in [-0.15, -0.1) is 0 Å². The predicted molar refractivity (Wildman–Crippen MR) is 66.2 cm³/mol. The second kappa shape index (κ2) is 6.26. The van der Waals surface area contributed by atoms with Crippen molar-refractivity contribution in [3.05, 3.63) is 12.2 Å². The van der Waals surface area contributed by atoms with Gasteiger partial charge in [0.2, 0.25) is 0 Å². The molecule has 1 saturated heterocycles. The van der Waals surface area contributed by atoms with Crippen LogP contribution in [0.4, 0.5) is 0 Å². The van der Waals surface area contributed by atoms with E-state index in [0.29, 0.717) is 0 Å². The minimum absolute atomic E-state index is 0.849. The van der Waals surface area contributed by atoms with Crippen LogP contribution in [0.25, 0.3) is 0 Å². The third-order valence-corrected chi connectivity index (χ3v) is 2.98. The molecule has 0 saturated carbocycles. The molecule has 0 aliphatic carbocycles. The van der Waals surface area contributed by atoms with Crippen LogP contribution in [0.1, 0.15) is 6.42 Å². The lowest BCUT2D eigenvalue weighted by Crippen LogP contribution is -2.30. The standard InChI is InChI=1S/C12H25N3/c1-11(7-13-2)8-15(4)10-12-5-6-14(3)9-12/h12-13H,1,5-10H2,2-4H3. The summed E-state index contributed by atoms with van der Waals surface area (Å²) in [5.41, 5.74) is 1.27. The number of nitrogens with one attached hydrogen (secondary N) is 1. The molecule has 1 N–H and O–H groups in total. The van der Waals surface area contributed by atoms with Crippen molar-refractivity contribution in [2.45, 2.75) is 6.42 Å². The zero-order valence-electron chi connectivity index (χ0n) is 10.4. The van der Waals surface area contributed by atoms with Crippen molar-refractivity contribution in [1.29, 1.82) is 0 Å². The minimum atomic E-state index is 0.849. The second-order valence-corrected chi connectivity index (χ2v) is 4.89. The van der Waals surface area contributed by atoms with Crippen LogP contribution in [-0.2, 0) is 0 Å². The molecule has 1 atom stereocenters. The molecule has 0 amide bonds. The first-order valence-corrected chi connectivity index (χ1v) is 5.80. The molecule has 15 heavy (non-hydrogen) atoms. The maximum absolute atomic E-state index is 4.06. The van der Waals surface area contributed by atoms with Gasteiger partial charge in [-0.25, -0.2) is 0 Å². The Labute approximate surface area is 94.1 Å². The highest BCUT2D eigenvalue weighted by atomic mass is 15.1. The summed E-state index contributed by atoms with van der Waals surface area (Å²) < 4.78 is 0. The maximum Gasteiger partial charge on any atom is 0.0199 e. The van der Waals surface area contributed by atoms with E-state index in [2.05, 4.69) is 35.8 Å². The Hall–Kier alpha value is -0.380. The quantitative estimate of drug-likeness (QED) is 0.651. The molecule has 1 rings (SSSR count). The van der Waals surface area contributed by atoms with Crippen LogP contribution in [0.3, 0.4) is 0 Å². The molecule has 1 aliphatic heterocycles. The molecule has 0 aromatic heterocycles. The summed E-state index contributed by atoms with van der Waals surface area (Å²) in [5, 5.41) is 3.14. The zero-order chi connectivity index (χ0) is 11.3. The SMILES string of the molecule is C=C(CNC)CN(C)CC1CCN(C)C1. The molecule has 1 heterocycles. The number of likely N-dealkylation sites (tertiary alicyclic amines) is 1. The average Bonchev–Trinajstić information content (AvgIpc) is 2.51. The van der Waals surface area contributed by atoms with Crippen LogP contribution >= 0.6 is 0 Å². The van der Waals surface area contributed by atoms with Gasteiger partial charge < -0.3 is 15.1 Å². The normalized spacial score (nSPS) is 22.5. The van der Waals surface area contributed by atoms with E-state index in [4.69, 9.17) is 0 Å². The summed E-state index contributed by atoms with van der Waals surface area (Å²) in [6.45, 7) is 9.71. The van der Waals surface area contributed by atoms with Crippen LogP contribution < -0.4 is 5.32 Å². The van der Waals surface area contributed by atoms with Crippen molar-refractivity contribution in [3.8, 4) is 0 Å². The fraction of sp³-hybridized carbons (Fsp3) is 0.833. The molecule has 0 radical (unpaired) electrons. The highest BCUT2D eigenvalue weighted by Crippen LogP contribution is 2.15. The Morgan fingerprint density at radius 3 is 2.87 bits per heavy atom. The highest BCUT2D eigenvalue weighted by molar-refractivity contribution is 4.99. The number of hydrogen-bond donors (Lipinski definition) is 1. The van der Waals surface area contributed by atoms with Crippen molar-refractivity contribution in [2.24, 2.45) is 5.92 Å². The number of likely N-dealkylation sites (N-methyl/N-ethyl adjacent to an activating group) is 2. The summed E-state index contributed by atoms with van der Waals surface area (Å²) in [6, 6.07) is 0. The fourth-order valence-electron chi connectivity index (χ4n) is 2.37. The molecular weight excluding hydrogens is 186 g/mol. The average molecular weight is 211 g/mol. The van der Waals surface area contributed by atoms with Crippen LogP contribution in [-0.4, -0.2) is 63.7 Å². The summed E-state index contributed by atoms with van der Waals surface area (Å²) >= 11 is 0. The Morgan fingerprint density at radius 1 is 1.60 bits per heavy atom. The first-order chi connectivity index (χ1) is 7.11. The van der Waals surface area contributed by atoms with Crippen LogP contribution in [0, 0.1) is 5.92 Å². The van der Waals surface area contributed by atoms with E-state index in [0.717, 1.165) is 19.0 Å². The van der Waals surface area contributed by atoms with E-state index >= 15 is 0 Å². The lowest BCUT2D eigenvalue weighted by molar-refractivity contribution is 0.289. The summed E-state index contributed by atoms with van der Waals surface area (Å²) in [4.78, 5) is 4.81. The third kappa shape index (κ3) is 4.78. The first-order valence-electron chi connectivity index (χ1n) is 5.80. The van der Waals surface area contributed by atoms with Gasteiger partial charge in [-0.3, -0.25) is 0 Å². The van der Waals surface area contributed by atoms with Gasteiger partial charge in [0.15, 0.2) is 0 Å². The third-order valence-electron chi connectivity index (χ3n) is 2.98. The Kier molecular flexibility index (Phi) is 5.29. The molecule has 1 fully saturated rings. The fourth-order valence-corrected chi connectivity index (χ4v) is 2.37. The highest BCUT2D eigenvalue weighted by Gasteiger charge is 2.20. The Morgan fingerprint density at radius 2 is 2.33 bits per heavy atom. The Balaban J connectivity index is 2.18. The van der Waals surface area contributed by atoms with Gasteiger partial charge in [-0.2, -0.15) is 0 Å². The van der Waals surface area contributed by atoms with E-state index in [1.54, 1.807) is 0 Å². The molecule has 88 valence electrons. The smallest absolute Gasteiger partial charge is 0.0199 e. The minimum Gasteiger partial charge on any atom is -0.316 e. The molecule has 3 nitrogen and oxygen atoms in total. The predicted octanol–water partition coefficient (Wildman–Crippen LogP) is 0.646. The molecule has 1 unspecified atom stereocenters. The lowest BCUT2D eigenvalue weighted by atomic mass is 10.1. The van der Waals surface area contributed by atoms with Crippen molar-refractivity contribution in [1.82, 2.24) is 15.1 Å². The van der Waals surface area contributed by atoms with Gasteiger partial charge in [0.05, 0.1) is 0 Å². The van der Waals surface area contributed by atoms with Crippen molar-refractivity contribution in [3.63, 3.8) is 0 Å². The van der Waals surface area contributed by atoms with Crippen molar-refractivity contribution < 1.29 is 0 Å². The lowest BCUT2D eigenvalue weighted by Gasteiger charge is -2.21. The first kappa shape index (κ1) is 12.7. The van der Waals surface area contributed by atoms with Gasteiger partial charge in [-0.1, -0.05) is 6.58 Å². The van der Waals surface area contributed by atoms with Gasteiger partial charge in [0.1, 0.15) is 0 Å². The van der Waals surface area contributed by atoms with Crippen LogP contribution in [0.2, 0.25) is 0 Å². The zero-order valence-corrected chi connectivity index (χ0v) is 10.4. The van der Waals surface area contributed by atoms with Crippen LogP contribution in [0.15, 0.2) is 12.2 Å². The van der Waals surface area contributed by atoms with Gasteiger partial charge in [0.25, 0.3) is 0 Å². The molecule has 0 aromatic carbocycles. The topological polar surface area (TPSA) is 18.5 Å². The summed E-state index contributed by atoms with van der Waals surface area (Å²) in [6.07, 6.45) is 1.35. The molecule has 0 spiro atoms. The van der Waals surface area contributed by atoms with Gasteiger partial charge >= 0.3 is 0 Å². The second-order valence-electron chi connectivity index (χ2n) is 4.89. The van der Waals surface area contributed by atoms with E-state index < -0.39 is 0 Å². The van der Waals surface area contributed by atoms with Gasteiger partial charge in [0, 0.05) is 26.2 Å². The Bertz CT molecular complexity index is 203. The number of hydrogen-bond acceptors (Lipinski definition) is 3. The van der Waals surface area contributed by atoms with E-state index in [1.807, 2.05) is 7.05 Å². The van der Waals surface area contributed by atoms with Crippen molar-refractivity contribution in [2.75, 3.05) is 53.9 Å². The monoisotopic (exact) mass is 211 g/mol. The largest absolute Gasteiger partial charge is 0.316 e. The van der Waals surface area contributed by atoms with Crippen LogP contribution in [0.5, 0.6) is 0 Å². The molecular formula is C12H25N3. The van der Waals surface area contributed by atoms with Gasteiger partial charge in [-0.05, 0) is 45.6 Å². The molecule has 1 aliphatic rings. The van der Waals surface area contributed by atoms with E-state index in [9.17, 15) is 0 Å². The number of rotatable bonds is 6. The van der Waals surface area contributed by atoms with E-state index in [1.165, 1.54) is 31.6 Å². The van der Waals surface area contributed by atoms with Crippen molar-refractivity contribution >= 4 is 0 Å². The molecule has 3 heteroatoms. The van der Waals surface area contributed by atoms with E-state index in [-0.39, 0.29) is 0 Å². The number of nitrogens with zero attached hydrogens (tertiary/aromatic N) is 2. The molecule has 0 bridgehead atoms. The molecule has 0 aromatic rings. The summed E-state index contributed by atoms with van der Waals surface area (Å²) in [7, 11) is 6.37. The summed E-state index contributed by atoms with van der Waals surface area (Å²) in [5.74, 6) is 0.849.